The predicted octanol–water partition coefficient (Wildman–Crippen LogP) is 2.46. The Morgan fingerprint density at radius 3 is 2.67 bits per heavy atom. The second-order valence-corrected chi connectivity index (χ2v) is 8.85. The van der Waals surface area contributed by atoms with Gasteiger partial charge >= 0.3 is 0 Å². The highest BCUT2D eigenvalue weighted by Gasteiger charge is 2.43. The second-order valence-electron chi connectivity index (χ2n) is 8.85. The van der Waals surface area contributed by atoms with Gasteiger partial charge in [0, 0.05) is 31.7 Å². The lowest BCUT2D eigenvalue weighted by Crippen LogP contribution is -2.44. The summed E-state index contributed by atoms with van der Waals surface area (Å²) in [5, 5.41) is 9.87. The van der Waals surface area contributed by atoms with Crippen LogP contribution in [-0.4, -0.2) is 72.4 Å². The van der Waals surface area contributed by atoms with Crippen molar-refractivity contribution in [3.8, 4) is 0 Å². The first-order chi connectivity index (χ1) is 13.0. The minimum absolute atomic E-state index is 0.155. The van der Waals surface area contributed by atoms with Crippen LogP contribution in [0.3, 0.4) is 0 Å². The van der Waals surface area contributed by atoms with Crippen LogP contribution >= 0.6 is 0 Å². The summed E-state index contributed by atoms with van der Waals surface area (Å²) < 4.78 is 6.15. The molecule has 0 aromatic heterocycles. The molecule has 2 unspecified atom stereocenters. The summed E-state index contributed by atoms with van der Waals surface area (Å²) in [6, 6.07) is 7.88. The molecule has 3 aliphatic heterocycles. The Morgan fingerprint density at radius 2 is 1.96 bits per heavy atom. The topological polar surface area (TPSA) is 53.0 Å². The number of carbonyl (C=O) groups is 1. The fraction of sp³-hybridized carbons (Fsp3) is 0.682. The van der Waals surface area contributed by atoms with Crippen molar-refractivity contribution in [3.63, 3.8) is 0 Å². The van der Waals surface area contributed by atoms with Crippen LogP contribution in [0.4, 0.5) is 0 Å². The third-order valence-corrected chi connectivity index (χ3v) is 6.64. The van der Waals surface area contributed by atoms with E-state index in [9.17, 15) is 9.90 Å². The number of amides is 1. The lowest BCUT2D eigenvalue weighted by molar-refractivity contribution is 0.0227. The van der Waals surface area contributed by atoms with Gasteiger partial charge in [-0.15, -0.1) is 0 Å². The van der Waals surface area contributed by atoms with E-state index in [-0.39, 0.29) is 23.5 Å². The Hall–Kier alpha value is -1.43. The second kappa shape index (κ2) is 7.90. The van der Waals surface area contributed by atoms with Crippen LogP contribution in [-0.2, 0) is 4.74 Å². The Labute approximate surface area is 162 Å². The average Bonchev–Trinajstić information content (AvgIpc) is 3.04. The fourth-order valence-corrected chi connectivity index (χ4v) is 4.91. The van der Waals surface area contributed by atoms with Crippen molar-refractivity contribution in [1.29, 1.82) is 0 Å². The number of nitrogens with zero attached hydrogens (tertiary/aromatic N) is 2. The van der Waals surface area contributed by atoms with Crippen molar-refractivity contribution < 1.29 is 14.6 Å². The average molecular weight is 373 g/mol. The van der Waals surface area contributed by atoms with Gasteiger partial charge in [0.2, 0.25) is 0 Å². The van der Waals surface area contributed by atoms with Crippen molar-refractivity contribution >= 4 is 5.91 Å². The molecular weight excluding hydrogens is 340 g/mol. The number of β-amino-alcohol motifs (C(OH)–C–C–N with tert-alkyl or cyclic N) is 1. The van der Waals surface area contributed by atoms with Crippen LogP contribution in [0.5, 0.6) is 0 Å². The normalized spacial score (nSPS) is 28.6. The summed E-state index contributed by atoms with van der Waals surface area (Å²) in [7, 11) is 0. The number of aliphatic hydroxyl groups excluding tert-OH is 1. The fourth-order valence-electron chi connectivity index (χ4n) is 4.91. The first kappa shape index (κ1) is 18.9. The zero-order valence-corrected chi connectivity index (χ0v) is 16.4. The van der Waals surface area contributed by atoms with Crippen molar-refractivity contribution in [3.05, 3.63) is 35.4 Å². The first-order valence-corrected chi connectivity index (χ1v) is 10.4. The molecule has 0 saturated carbocycles. The van der Waals surface area contributed by atoms with Crippen LogP contribution in [0, 0.1) is 12.3 Å². The van der Waals surface area contributed by atoms with E-state index in [1.165, 1.54) is 5.56 Å². The SMILES string of the molecule is Cc1ccc(C(=O)N2CCC3(CC2)COC(CN2CCCC(O)C2)C3)cc1. The molecule has 0 radical (unpaired) electrons. The smallest absolute Gasteiger partial charge is 0.253 e. The highest BCUT2D eigenvalue weighted by atomic mass is 16.5. The van der Waals surface area contributed by atoms with Crippen LogP contribution in [0.15, 0.2) is 24.3 Å². The third kappa shape index (κ3) is 4.36. The van der Waals surface area contributed by atoms with Crippen LogP contribution < -0.4 is 0 Å². The highest BCUT2D eigenvalue weighted by molar-refractivity contribution is 5.94. The highest BCUT2D eigenvalue weighted by Crippen LogP contribution is 2.42. The van der Waals surface area contributed by atoms with E-state index in [0.29, 0.717) is 0 Å². The number of piperidine rings is 2. The molecule has 27 heavy (non-hydrogen) atoms. The number of benzene rings is 1. The molecule has 4 rings (SSSR count). The Bertz CT molecular complexity index is 652. The molecule has 1 amide bonds. The number of hydrogen-bond acceptors (Lipinski definition) is 4. The standard InChI is InChI=1S/C22H32N2O3/c1-17-4-6-18(7-5-17)21(26)24-11-8-22(9-12-24)13-20(27-16-22)15-23-10-2-3-19(25)14-23/h4-7,19-20,25H,2-3,8-16H2,1H3. The summed E-state index contributed by atoms with van der Waals surface area (Å²) in [4.78, 5) is 17.1. The molecule has 1 N–H and O–H groups in total. The van der Waals surface area contributed by atoms with Gasteiger partial charge in [0.1, 0.15) is 0 Å². The van der Waals surface area contributed by atoms with E-state index < -0.39 is 0 Å². The molecule has 1 aromatic carbocycles. The van der Waals surface area contributed by atoms with Crippen LogP contribution in [0.1, 0.15) is 48.0 Å². The van der Waals surface area contributed by atoms with Crippen molar-refractivity contribution in [2.75, 3.05) is 39.3 Å². The summed E-state index contributed by atoms with van der Waals surface area (Å²) in [6.45, 7) is 7.30. The van der Waals surface area contributed by atoms with Gasteiger partial charge in [-0.2, -0.15) is 0 Å². The van der Waals surface area contributed by atoms with E-state index in [2.05, 4.69) is 4.90 Å². The van der Waals surface area contributed by atoms with Crippen molar-refractivity contribution in [1.82, 2.24) is 9.80 Å². The largest absolute Gasteiger partial charge is 0.392 e. The molecule has 5 heteroatoms. The van der Waals surface area contributed by atoms with Crippen LogP contribution in [0.25, 0.3) is 0 Å². The maximum absolute atomic E-state index is 12.7. The maximum atomic E-state index is 12.7. The molecule has 3 heterocycles. The van der Waals surface area contributed by atoms with Crippen molar-refractivity contribution in [2.45, 2.75) is 51.2 Å². The first-order valence-electron chi connectivity index (χ1n) is 10.4. The monoisotopic (exact) mass is 372 g/mol. The number of carbonyl (C=O) groups excluding carboxylic acids is 1. The van der Waals surface area contributed by atoms with Gasteiger partial charge in [-0.25, -0.2) is 0 Å². The zero-order valence-electron chi connectivity index (χ0n) is 16.4. The molecule has 3 fully saturated rings. The van der Waals surface area contributed by atoms with E-state index in [0.717, 1.165) is 77.0 Å². The van der Waals surface area contributed by atoms with Gasteiger partial charge in [0.25, 0.3) is 5.91 Å². The van der Waals surface area contributed by atoms with Crippen LogP contribution in [0.2, 0.25) is 0 Å². The Morgan fingerprint density at radius 1 is 1.22 bits per heavy atom. The molecular formula is C22H32N2O3. The van der Waals surface area contributed by atoms with E-state index in [4.69, 9.17) is 4.74 Å². The van der Waals surface area contributed by atoms with Gasteiger partial charge in [-0.1, -0.05) is 17.7 Å². The lowest BCUT2D eigenvalue weighted by Gasteiger charge is -2.38. The summed E-state index contributed by atoms with van der Waals surface area (Å²) in [6.07, 6.45) is 5.26. The van der Waals surface area contributed by atoms with E-state index >= 15 is 0 Å². The number of aliphatic hydroxyl groups is 1. The summed E-state index contributed by atoms with van der Waals surface area (Å²) in [5.74, 6) is 0.155. The summed E-state index contributed by atoms with van der Waals surface area (Å²) >= 11 is 0. The number of likely N-dealkylation sites (tertiary alicyclic amines) is 2. The van der Waals surface area contributed by atoms with Gasteiger partial charge in [-0.05, 0) is 63.1 Å². The molecule has 1 spiro atoms. The van der Waals surface area contributed by atoms with Gasteiger partial charge in [0.05, 0.1) is 18.8 Å². The minimum atomic E-state index is -0.176. The van der Waals surface area contributed by atoms with E-state index in [1.54, 1.807) is 0 Å². The molecule has 148 valence electrons. The number of hydrogen-bond donors (Lipinski definition) is 1. The Kier molecular flexibility index (Phi) is 5.53. The van der Waals surface area contributed by atoms with Gasteiger partial charge in [0.15, 0.2) is 0 Å². The van der Waals surface area contributed by atoms with Crippen molar-refractivity contribution in [2.24, 2.45) is 5.41 Å². The minimum Gasteiger partial charge on any atom is -0.392 e. The number of aryl methyl sites for hydroxylation is 1. The van der Waals surface area contributed by atoms with Gasteiger partial charge in [-0.3, -0.25) is 9.69 Å². The zero-order chi connectivity index (χ0) is 18.9. The molecule has 1 aromatic rings. The third-order valence-electron chi connectivity index (χ3n) is 6.64. The quantitative estimate of drug-likeness (QED) is 0.886. The van der Waals surface area contributed by atoms with Gasteiger partial charge < -0.3 is 14.7 Å². The number of rotatable bonds is 3. The molecule has 5 nitrogen and oxygen atoms in total. The van der Waals surface area contributed by atoms with E-state index in [1.807, 2.05) is 36.1 Å². The summed E-state index contributed by atoms with van der Waals surface area (Å²) in [5.41, 5.74) is 2.21. The molecule has 2 atom stereocenters. The lowest BCUT2D eigenvalue weighted by atomic mass is 9.76. The molecule has 3 saturated heterocycles. The predicted molar refractivity (Wildman–Crippen MR) is 105 cm³/mol. The molecule has 0 bridgehead atoms. The Balaban J connectivity index is 1.28. The maximum Gasteiger partial charge on any atom is 0.253 e. The molecule has 3 aliphatic rings. The molecule has 0 aliphatic carbocycles. The number of ether oxygens (including phenoxy) is 1.